The SMILES string of the molecule is O=C(c1ccc(F)cc1-c1ncccn1)N1C[C@H]2C[C@@H](Oc3ccc(Br)cn3)[C@@H]1C2. The molecule has 1 saturated heterocycles. The van der Waals surface area contributed by atoms with E-state index in [0.717, 1.165) is 17.3 Å². The number of fused-ring (bicyclic) bond motifs is 2. The van der Waals surface area contributed by atoms with Crippen molar-refractivity contribution in [3.05, 3.63) is 70.8 Å². The number of aromatic nitrogens is 3. The molecular formula is C22H18BrFN4O2. The summed E-state index contributed by atoms with van der Waals surface area (Å²) in [6, 6.07) is 9.46. The Balaban J connectivity index is 1.41. The lowest BCUT2D eigenvalue weighted by Gasteiger charge is -2.33. The third-order valence-corrected chi connectivity index (χ3v) is 6.15. The average molecular weight is 469 g/mol. The van der Waals surface area contributed by atoms with Crippen molar-refractivity contribution in [1.29, 1.82) is 0 Å². The van der Waals surface area contributed by atoms with E-state index in [1.165, 1.54) is 18.2 Å². The number of halogens is 2. The van der Waals surface area contributed by atoms with Gasteiger partial charge in [0.25, 0.3) is 5.91 Å². The molecule has 1 aliphatic heterocycles. The summed E-state index contributed by atoms with van der Waals surface area (Å²) in [5, 5.41) is 0. The summed E-state index contributed by atoms with van der Waals surface area (Å²) < 4.78 is 20.9. The predicted molar refractivity (Wildman–Crippen MR) is 111 cm³/mol. The van der Waals surface area contributed by atoms with Gasteiger partial charge in [0.05, 0.1) is 11.6 Å². The Morgan fingerprint density at radius 1 is 1.13 bits per heavy atom. The Bertz CT molecular complexity index is 1080. The van der Waals surface area contributed by atoms with E-state index in [2.05, 4.69) is 30.9 Å². The van der Waals surface area contributed by atoms with Gasteiger partial charge in [0, 0.05) is 41.2 Å². The lowest BCUT2D eigenvalue weighted by molar-refractivity contribution is 0.0467. The van der Waals surface area contributed by atoms with Crippen LogP contribution in [0.1, 0.15) is 23.2 Å². The average Bonchev–Trinajstić information content (AvgIpc) is 3.36. The fourth-order valence-electron chi connectivity index (χ4n) is 4.39. The third-order valence-electron chi connectivity index (χ3n) is 5.68. The second kappa shape index (κ2) is 7.75. The van der Waals surface area contributed by atoms with E-state index >= 15 is 0 Å². The van der Waals surface area contributed by atoms with Crippen molar-refractivity contribution in [2.45, 2.75) is 25.0 Å². The molecular weight excluding hydrogens is 451 g/mol. The van der Waals surface area contributed by atoms with Crippen LogP contribution in [0.2, 0.25) is 0 Å². The van der Waals surface area contributed by atoms with Crippen molar-refractivity contribution in [2.24, 2.45) is 5.92 Å². The van der Waals surface area contributed by atoms with E-state index in [0.29, 0.717) is 35.3 Å². The van der Waals surface area contributed by atoms with Crippen molar-refractivity contribution in [2.75, 3.05) is 6.54 Å². The molecule has 0 spiro atoms. The van der Waals surface area contributed by atoms with Gasteiger partial charge in [-0.05, 0) is 65.0 Å². The molecule has 6 nitrogen and oxygen atoms in total. The first kappa shape index (κ1) is 19.1. The molecule has 1 amide bonds. The van der Waals surface area contributed by atoms with E-state index in [4.69, 9.17) is 4.74 Å². The predicted octanol–water partition coefficient (Wildman–Crippen LogP) is 4.12. The third kappa shape index (κ3) is 3.56. The van der Waals surface area contributed by atoms with Crippen LogP contribution in [-0.4, -0.2) is 44.4 Å². The fraction of sp³-hybridized carbons (Fsp3) is 0.273. The van der Waals surface area contributed by atoms with Crippen LogP contribution in [0.15, 0.2) is 59.5 Å². The number of benzene rings is 1. The van der Waals surface area contributed by atoms with Gasteiger partial charge in [0.1, 0.15) is 11.9 Å². The van der Waals surface area contributed by atoms with E-state index in [-0.39, 0.29) is 18.1 Å². The van der Waals surface area contributed by atoms with Gasteiger partial charge in [0.15, 0.2) is 5.82 Å². The molecule has 0 N–H and O–H groups in total. The summed E-state index contributed by atoms with van der Waals surface area (Å²) in [6.07, 6.45) is 6.52. The normalized spacial score (nSPS) is 22.3. The first-order valence-corrected chi connectivity index (χ1v) is 10.5. The van der Waals surface area contributed by atoms with Gasteiger partial charge in [-0.25, -0.2) is 19.3 Å². The molecule has 8 heteroatoms. The number of ether oxygens (including phenoxy) is 1. The van der Waals surface area contributed by atoms with Crippen LogP contribution in [-0.2, 0) is 0 Å². The number of carbonyl (C=O) groups excluding carboxylic acids is 1. The second-order valence-electron chi connectivity index (χ2n) is 7.60. The molecule has 2 bridgehead atoms. The van der Waals surface area contributed by atoms with Gasteiger partial charge in [-0.1, -0.05) is 0 Å². The molecule has 5 rings (SSSR count). The van der Waals surface area contributed by atoms with Crippen molar-refractivity contribution in [3.8, 4) is 17.3 Å². The maximum absolute atomic E-state index is 13.9. The van der Waals surface area contributed by atoms with Crippen LogP contribution in [0.5, 0.6) is 5.88 Å². The summed E-state index contributed by atoms with van der Waals surface area (Å²) in [6.45, 7) is 0.670. The highest BCUT2D eigenvalue weighted by atomic mass is 79.9. The molecule has 2 aliphatic rings. The topological polar surface area (TPSA) is 68.2 Å². The minimum absolute atomic E-state index is 0.0393. The van der Waals surface area contributed by atoms with Crippen LogP contribution in [0.3, 0.4) is 0 Å². The summed E-state index contributed by atoms with van der Waals surface area (Å²) >= 11 is 3.37. The second-order valence-corrected chi connectivity index (χ2v) is 8.51. The number of hydrogen-bond donors (Lipinski definition) is 0. The zero-order valence-corrected chi connectivity index (χ0v) is 17.5. The van der Waals surface area contributed by atoms with Gasteiger partial charge in [-0.15, -0.1) is 0 Å². The largest absolute Gasteiger partial charge is 0.472 e. The number of piperidine rings is 1. The van der Waals surface area contributed by atoms with E-state index in [9.17, 15) is 9.18 Å². The molecule has 3 heterocycles. The number of rotatable bonds is 4. The molecule has 3 atom stereocenters. The Labute approximate surface area is 181 Å². The molecule has 1 saturated carbocycles. The number of amides is 1. The van der Waals surface area contributed by atoms with E-state index < -0.39 is 5.82 Å². The van der Waals surface area contributed by atoms with Crippen LogP contribution in [0.25, 0.3) is 11.4 Å². The lowest BCUT2D eigenvalue weighted by atomic mass is 10.0. The zero-order valence-electron chi connectivity index (χ0n) is 15.9. The number of likely N-dealkylation sites (tertiary alicyclic amines) is 1. The fourth-order valence-corrected chi connectivity index (χ4v) is 4.63. The quantitative estimate of drug-likeness (QED) is 0.575. The Kier molecular flexibility index (Phi) is 4.94. The molecule has 152 valence electrons. The molecule has 3 aromatic rings. The first-order valence-electron chi connectivity index (χ1n) is 9.74. The molecule has 2 aromatic heterocycles. The summed E-state index contributed by atoms with van der Waals surface area (Å²) in [4.78, 5) is 28.0. The first-order chi connectivity index (χ1) is 14.6. The molecule has 1 aliphatic carbocycles. The molecule has 0 radical (unpaired) electrons. The molecule has 30 heavy (non-hydrogen) atoms. The summed E-state index contributed by atoms with van der Waals surface area (Å²) in [5.74, 6) is 0.678. The van der Waals surface area contributed by atoms with E-state index in [1.807, 2.05) is 17.0 Å². The van der Waals surface area contributed by atoms with Gasteiger partial charge >= 0.3 is 0 Å². The van der Waals surface area contributed by atoms with Gasteiger partial charge in [0.2, 0.25) is 5.88 Å². The van der Waals surface area contributed by atoms with Gasteiger partial charge < -0.3 is 9.64 Å². The molecule has 1 aromatic carbocycles. The minimum Gasteiger partial charge on any atom is -0.472 e. The minimum atomic E-state index is -0.431. The van der Waals surface area contributed by atoms with Crippen LogP contribution >= 0.6 is 15.9 Å². The van der Waals surface area contributed by atoms with Gasteiger partial charge in [-0.2, -0.15) is 0 Å². The number of pyridine rings is 1. The maximum Gasteiger partial charge on any atom is 0.254 e. The van der Waals surface area contributed by atoms with Gasteiger partial charge in [-0.3, -0.25) is 4.79 Å². The lowest BCUT2D eigenvalue weighted by Crippen LogP contribution is -2.47. The van der Waals surface area contributed by atoms with Crippen LogP contribution in [0, 0.1) is 11.7 Å². The number of nitrogens with zero attached hydrogens (tertiary/aromatic N) is 4. The Morgan fingerprint density at radius 3 is 2.70 bits per heavy atom. The summed E-state index contributed by atoms with van der Waals surface area (Å²) in [7, 11) is 0. The number of carbonyl (C=O) groups is 1. The number of hydrogen-bond acceptors (Lipinski definition) is 5. The van der Waals surface area contributed by atoms with Crippen LogP contribution < -0.4 is 4.74 Å². The highest BCUT2D eigenvalue weighted by molar-refractivity contribution is 9.10. The zero-order chi connectivity index (χ0) is 20.7. The van der Waals surface area contributed by atoms with Crippen molar-refractivity contribution < 1.29 is 13.9 Å². The maximum atomic E-state index is 13.9. The Morgan fingerprint density at radius 2 is 1.97 bits per heavy atom. The highest BCUT2D eigenvalue weighted by Gasteiger charge is 2.48. The van der Waals surface area contributed by atoms with Crippen molar-refractivity contribution in [1.82, 2.24) is 19.9 Å². The monoisotopic (exact) mass is 468 g/mol. The van der Waals surface area contributed by atoms with E-state index in [1.54, 1.807) is 24.7 Å². The smallest absolute Gasteiger partial charge is 0.254 e. The highest BCUT2D eigenvalue weighted by Crippen LogP contribution is 2.41. The van der Waals surface area contributed by atoms with Crippen LogP contribution in [0.4, 0.5) is 4.39 Å². The standard InChI is InChI=1S/C22H18BrFN4O2/c23-14-2-5-20(27-11-14)30-19-9-13-8-18(19)28(12-13)22(29)16-4-3-15(24)10-17(16)21-25-6-1-7-26-21/h1-7,10-11,13,18-19H,8-9,12H2/t13-,18+,19-/m1/s1. The molecule has 2 fully saturated rings. The summed E-state index contributed by atoms with van der Waals surface area (Å²) in [5.41, 5.74) is 0.797. The van der Waals surface area contributed by atoms with Crippen molar-refractivity contribution >= 4 is 21.8 Å². The Hall–Kier alpha value is -2.87. The van der Waals surface area contributed by atoms with Crippen molar-refractivity contribution in [3.63, 3.8) is 0 Å². The molecule has 0 unspecified atom stereocenters.